The highest BCUT2D eigenvalue weighted by molar-refractivity contribution is 5.97. The highest BCUT2D eigenvalue weighted by Gasteiger charge is 2.21. The van der Waals surface area contributed by atoms with Gasteiger partial charge in [-0.05, 0) is 30.5 Å². The smallest absolute Gasteiger partial charge is 0.255 e. The van der Waals surface area contributed by atoms with Gasteiger partial charge < -0.3 is 10.2 Å². The van der Waals surface area contributed by atoms with Crippen LogP contribution in [0.2, 0.25) is 0 Å². The zero-order chi connectivity index (χ0) is 13.7. The number of nitrogens with zero attached hydrogens (tertiary/aromatic N) is 3. The van der Waals surface area contributed by atoms with Gasteiger partial charge in [0, 0.05) is 17.8 Å². The van der Waals surface area contributed by atoms with E-state index in [1.807, 2.05) is 24.3 Å². The monoisotopic (exact) mass is 254 g/mol. The van der Waals surface area contributed by atoms with Crippen molar-refractivity contribution in [1.82, 2.24) is 4.90 Å². The van der Waals surface area contributed by atoms with Crippen LogP contribution in [0.15, 0.2) is 18.2 Å². The van der Waals surface area contributed by atoms with Crippen LogP contribution in [0.3, 0.4) is 0 Å². The molecule has 5 nitrogen and oxygen atoms in total. The Bertz CT molecular complexity index is 552. The molecule has 0 unspecified atom stereocenters. The minimum atomic E-state index is -0.247. The number of nitriles is 2. The topological polar surface area (TPSA) is 79.9 Å². The molecule has 0 aromatic heterocycles. The first-order valence-corrected chi connectivity index (χ1v) is 6.17. The quantitative estimate of drug-likeness (QED) is 0.829. The molecule has 0 atom stereocenters. The first-order valence-electron chi connectivity index (χ1n) is 6.17. The second-order valence-electron chi connectivity index (χ2n) is 4.34. The van der Waals surface area contributed by atoms with Gasteiger partial charge in [-0.3, -0.25) is 4.79 Å². The van der Waals surface area contributed by atoms with Crippen LogP contribution < -0.4 is 5.32 Å². The van der Waals surface area contributed by atoms with Crippen LogP contribution in [-0.4, -0.2) is 30.4 Å². The number of benzene rings is 1. The fourth-order valence-corrected chi connectivity index (χ4v) is 2.25. The Balaban J connectivity index is 2.33. The van der Waals surface area contributed by atoms with Crippen molar-refractivity contribution in [2.45, 2.75) is 12.8 Å². The average Bonchev–Trinajstić information content (AvgIpc) is 2.46. The third-order valence-corrected chi connectivity index (χ3v) is 3.14. The lowest BCUT2D eigenvalue weighted by Crippen LogP contribution is -2.33. The van der Waals surface area contributed by atoms with E-state index in [0.717, 1.165) is 30.6 Å². The summed E-state index contributed by atoms with van der Waals surface area (Å²) in [6.45, 7) is 0.776. The van der Waals surface area contributed by atoms with Gasteiger partial charge in [-0.2, -0.15) is 10.5 Å². The van der Waals surface area contributed by atoms with Crippen molar-refractivity contribution in [2.75, 3.05) is 25.0 Å². The molecular weight excluding hydrogens is 240 g/mol. The van der Waals surface area contributed by atoms with Gasteiger partial charge in [-0.15, -0.1) is 0 Å². The van der Waals surface area contributed by atoms with Gasteiger partial charge in [0.25, 0.3) is 5.91 Å². The van der Waals surface area contributed by atoms with E-state index in [1.54, 1.807) is 6.07 Å². The van der Waals surface area contributed by atoms with Crippen LogP contribution in [0, 0.1) is 22.7 Å². The SMILES string of the molecule is N#CCN(CC#N)C(=O)c1cccc2c1CCCN2. The molecule has 19 heavy (non-hydrogen) atoms. The molecule has 1 heterocycles. The summed E-state index contributed by atoms with van der Waals surface area (Å²) in [4.78, 5) is 13.7. The van der Waals surface area contributed by atoms with Crippen LogP contribution in [0.5, 0.6) is 0 Å². The average molecular weight is 254 g/mol. The predicted octanol–water partition coefficient (Wildman–Crippen LogP) is 1.53. The number of amides is 1. The Hall–Kier alpha value is -2.53. The molecule has 0 spiro atoms. The lowest BCUT2D eigenvalue weighted by Gasteiger charge is -2.23. The van der Waals surface area contributed by atoms with E-state index >= 15 is 0 Å². The van der Waals surface area contributed by atoms with Crippen LogP contribution in [0.25, 0.3) is 0 Å². The number of rotatable bonds is 3. The van der Waals surface area contributed by atoms with Crippen LogP contribution >= 0.6 is 0 Å². The standard InChI is InChI=1S/C14H14N4O/c15-6-9-18(10-7-16)14(19)12-3-1-5-13-11(12)4-2-8-17-13/h1,3,5,17H,2,4,8-10H2. The van der Waals surface area contributed by atoms with Gasteiger partial charge in [-0.1, -0.05) is 6.07 Å². The van der Waals surface area contributed by atoms with Gasteiger partial charge in [0.1, 0.15) is 13.1 Å². The van der Waals surface area contributed by atoms with Crippen molar-refractivity contribution >= 4 is 11.6 Å². The minimum Gasteiger partial charge on any atom is -0.385 e. The summed E-state index contributed by atoms with van der Waals surface area (Å²) in [5.74, 6) is -0.247. The maximum atomic E-state index is 12.4. The Morgan fingerprint density at radius 1 is 1.32 bits per heavy atom. The normalized spacial score (nSPS) is 12.5. The van der Waals surface area contributed by atoms with Crippen molar-refractivity contribution in [3.63, 3.8) is 0 Å². The molecule has 2 rings (SSSR count). The van der Waals surface area contributed by atoms with Gasteiger partial charge in [0.05, 0.1) is 12.1 Å². The summed E-state index contributed by atoms with van der Waals surface area (Å²) in [6, 6.07) is 9.37. The summed E-state index contributed by atoms with van der Waals surface area (Å²) in [6.07, 6.45) is 1.82. The molecule has 0 fully saturated rings. The Morgan fingerprint density at radius 2 is 2.05 bits per heavy atom. The van der Waals surface area contributed by atoms with Crippen molar-refractivity contribution < 1.29 is 4.79 Å². The van der Waals surface area contributed by atoms with Gasteiger partial charge in [0.15, 0.2) is 0 Å². The van der Waals surface area contributed by atoms with Crippen LogP contribution in [-0.2, 0) is 6.42 Å². The molecule has 96 valence electrons. The van der Waals surface area contributed by atoms with Gasteiger partial charge >= 0.3 is 0 Å². The van der Waals surface area contributed by atoms with Crippen molar-refractivity contribution in [2.24, 2.45) is 0 Å². The highest BCUT2D eigenvalue weighted by Crippen LogP contribution is 2.26. The summed E-state index contributed by atoms with van der Waals surface area (Å²) in [5, 5.41) is 20.7. The number of carbonyl (C=O) groups excluding carboxylic acids is 1. The van der Waals surface area contributed by atoms with Gasteiger partial charge in [0.2, 0.25) is 0 Å². The molecule has 0 saturated heterocycles. The second kappa shape index (κ2) is 5.88. The second-order valence-corrected chi connectivity index (χ2v) is 4.34. The first-order chi connectivity index (χ1) is 9.27. The molecule has 1 aliphatic rings. The zero-order valence-corrected chi connectivity index (χ0v) is 10.5. The van der Waals surface area contributed by atoms with E-state index in [-0.39, 0.29) is 19.0 Å². The summed E-state index contributed by atoms with van der Waals surface area (Å²) >= 11 is 0. The third-order valence-electron chi connectivity index (χ3n) is 3.14. The molecule has 1 aliphatic heterocycles. The lowest BCUT2D eigenvalue weighted by atomic mass is 9.97. The largest absolute Gasteiger partial charge is 0.385 e. The molecule has 0 radical (unpaired) electrons. The Kier molecular flexibility index (Phi) is 4.00. The molecule has 1 amide bonds. The number of fused-ring (bicyclic) bond motifs is 1. The fourth-order valence-electron chi connectivity index (χ4n) is 2.25. The van der Waals surface area contributed by atoms with E-state index in [1.165, 1.54) is 4.90 Å². The predicted molar refractivity (Wildman–Crippen MR) is 70.4 cm³/mol. The van der Waals surface area contributed by atoms with E-state index in [9.17, 15) is 4.79 Å². The molecule has 0 aliphatic carbocycles. The maximum Gasteiger partial charge on any atom is 0.255 e. The molecule has 1 N–H and O–H groups in total. The maximum absolute atomic E-state index is 12.4. The molecule has 1 aromatic rings. The summed E-state index contributed by atoms with van der Waals surface area (Å²) in [5.41, 5.74) is 2.56. The van der Waals surface area contributed by atoms with E-state index < -0.39 is 0 Å². The Labute approximate surface area is 112 Å². The van der Waals surface area contributed by atoms with Crippen molar-refractivity contribution in [1.29, 1.82) is 10.5 Å². The van der Waals surface area contributed by atoms with Crippen molar-refractivity contribution in [3.05, 3.63) is 29.3 Å². The van der Waals surface area contributed by atoms with Crippen molar-refractivity contribution in [3.8, 4) is 12.1 Å². The van der Waals surface area contributed by atoms with E-state index in [2.05, 4.69) is 5.32 Å². The number of anilines is 1. The lowest BCUT2D eigenvalue weighted by molar-refractivity contribution is 0.0793. The molecule has 0 bridgehead atoms. The number of hydrogen-bond acceptors (Lipinski definition) is 4. The first kappa shape index (κ1) is 12.9. The van der Waals surface area contributed by atoms with E-state index in [4.69, 9.17) is 10.5 Å². The zero-order valence-electron chi connectivity index (χ0n) is 10.5. The molecule has 5 heteroatoms. The number of carbonyl (C=O) groups is 1. The summed E-state index contributed by atoms with van der Waals surface area (Å²) in [7, 11) is 0. The molecule has 1 aromatic carbocycles. The Morgan fingerprint density at radius 3 is 2.74 bits per heavy atom. The van der Waals surface area contributed by atoms with Crippen LogP contribution in [0.1, 0.15) is 22.3 Å². The molecular formula is C14H14N4O. The van der Waals surface area contributed by atoms with Crippen LogP contribution in [0.4, 0.5) is 5.69 Å². The third kappa shape index (κ3) is 2.66. The summed E-state index contributed by atoms with van der Waals surface area (Å²) < 4.78 is 0. The minimum absolute atomic E-state index is 0.0660. The molecule has 0 saturated carbocycles. The van der Waals surface area contributed by atoms with E-state index in [0.29, 0.717) is 5.56 Å². The highest BCUT2D eigenvalue weighted by atomic mass is 16.2. The fraction of sp³-hybridized carbons (Fsp3) is 0.357. The number of hydrogen-bond donors (Lipinski definition) is 1. The number of nitrogens with one attached hydrogen (secondary N) is 1. The van der Waals surface area contributed by atoms with Gasteiger partial charge in [-0.25, -0.2) is 0 Å².